The van der Waals surface area contributed by atoms with Gasteiger partial charge >= 0.3 is 5.97 Å². The van der Waals surface area contributed by atoms with Crippen LogP contribution in [0.4, 0.5) is 0 Å². The van der Waals surface area contributed by atoms with Gasteiger partial charge in [0, 0.05) is 12.8 Å². The molecule has 1 aliphatic heterocycles. The molecule has 0 radical (unpaired) electrons. The van der Waals surface area contributed by atoms with Crippen LogP contribution >= 0.6 is 0 Å². The Hall–Kier alpha value is -1.47. The van der Waals surface area contributed by atoms with Gasteiger partial charge in [-0.15, -0.1) is 0 Å². The standard InChI is InChI=1S/C11H17NO6/c1-3-16-10(13)8-9(12(14)15)4-5-11(2)17-6-7-18-11/h8H,3-7H2,1-2H3/b9-8+. The summed E-state index contributed by atoms with van der Waals surface area (Å²) in [6.07, 6.45) is 1.31. The van der Waals surface area contributed by atoms with Gasteiger partial charge < -0.3 is 14.2 Å². The molecule has 1 saturated heterocycles. The fourth-order valence-corrected chi connectivity index (χ4v) is 1.59. The van der Waals surface area contributed by atoms with Crippen LogP contribution in [-0.2, 0) is 19.0 Å². The monoisotopic (exact) mass is 259 g/mol. The third kappa shape index (κ3) is 4.42. The molecule has 0 aromatic rings. The minimum Gasteiger partial charge on any atom is -0.463 e. The number of nitrogens with zero attached hydrogens (tertiary/aromatic N) is 1. The molecule has 0 saturated carbocycles. The third-order valence-electron chi connectivity index (χ3n) is 2.54. The molecule has 1 aliphatic rings. The minimum absolute atomic E-state index is 0.0856. The zero-order valence-electron chi connectivity index (χ0n) is 10.5. The van der Waals surface area contributed by atoms with Crippen molar-refractivity contribution >= 4 is 5.97 Å². The average Bonchev–Trinajstić information content (AvgIpc) is 2.72. The van der Waals surface area contributed by atoms with E-state index in [9.17, 15) is 14.9 Å². The summed E-state index contributed by atoms with van der Waals surface area (Å²) in [5.41, 5.74) is -0.200. The average molecular weight is 259 g/mol. The fourth-order valence-electron chi connectivity index (χ4n) is 1.59. The van der Waals surface area contributed by atoms with Gasteiger partial charge in [0.15, 0.2) is 5.79 Å². The highest BCUT2D eigenvalue weighted by atomic mass is 16.7. The number of carbonyl (C=O) groups excluding carboxylic acids is 1. The Balaban J connectivity index is 2.58. The predicted octanol–water partition coefficient (Wildman–Crippen LogP) is 1.25. The van der Waals surface area contributed by atoms with Gasteiger partial charge in [0.1, 0.15) is 0 Å². The number of esters is 1. The first-order valence-electron chi connectivity index (χ1n) is 5.76. The molecule has 0 unspecified atom stereocenters. The van der Waals surface area contributed by atoms with Gasteiger partial charge in [-0.05, 0) is 13.8 Å². The lowest BCUT2D eigenvalue weighted by atomic mass is 10.1. The first-order chi connectivity index (χ1) is 8.47. The zero-order chi connectivity index (χ0) is 13.6. The van der Waals surface area contributed by atoms with Crippen molar-refractivity contribution in [1.82, 2.24) is 0 Å². The molecule has 0 spiro atoms. The maximum absolute atomic E-state index is 11.2. The van der Waals surface area contributed by atoms with Crippen molar-refractivity contribution in [3.05, 3.63) is 21.9 Å². The van der Waals surface area contributed by atoms with Gasteiger partial charge in [-0.3, -0.25) is 10.1 Å². The van der Waals surface area contributed by atoms with Crippen LogP contribution in [0.15, 0.2) is 11.8 Å². The second-order valence-corrected chi connectivity index (χ2v) is 3.98. The molecule has 7 nitrogen and oxygen atoms in total. The summed E-state index contributed by atoms with van der Waals surface area (Å²) in [4.78, 5) is 21.4. The Kier molecular flexibility index (Phi) is 5.24. The largest absolute Gasteiger partial charge is 0.463 e. The summed E-state index contributed by atoms with van der Waals surface area (Å²) in [7, 11) is 0. The predicted molar refractivity (Wildman–Crippen MR) is 61.3 cm³/mol. The summed E-state index contributed by atoms with van der Waals surface area (Å²) in [6, 6.07) is 0. The second-order valence-electron chi connectivity index (χ2n) is 3.98. The molecular formula is C11H17NO6. The third-order valence-corrected chi connectivity index (χ3v) is 2.54. The van der Waals surface area contributed by atoms with Crippen molar-refractivity contribution in [2.45, 2.75) is 32.5 Å². The number of carbonyl (C=O) groups is 1. The van der Waals surface area contributed by atoms with Crippen molar-refractivity contribution in [3.8, 4) is 0 Å². The van der Waals surface area contributed by atoms with Gasteiger partial charge in [-0.2, -0.15) is 0 Å². The molecule has 0 aromatic carbocycles. The van der Waals surface area contributed by atoms with Crippen LogP contribution in [-0.4, -0.2) is 36.5 Å². The molecule has 0 amide bonds. The molecule has 0 aromatic heterocycles. The Morgan fingerprint density at radius 2 is 2.11 bits per heavy atom. The summed E-state index contributed by atoms with van der Waals surface area (Å²) in [6.45, 7) is 4.50. The molecule has 1 fully saturated rings. The number of nitro groups is 1. The van der Waals surface area contributed by atoms with Gasteiger partial charge in [0.05, 0.1) is 30.8 Å². The zero-order valence-corrected chi connectivity index (χ0v) is 10.5. The van der Waals surface area contributed by atoms with E-state index in [-0.39, 0.29) is 18.7 Å². The Morgan fingerprint density at radius 1 is 1.50 bits per heavy atom. The van der Waals surface area contributed by atoms with Gasteiger partial charge in [-0.25, -0.2) is 4.79 Å². The van der Waals surface area contributed by atoms with Gasteiger partial charge in [-0.1, -0.05) is 0 Å². The van der Waals surface area contributed by atoms with Gasteiger partial charge in [0.25, 0.3) is 5.70 Å². The highest BCUT2D eigenvalue weighted by Crippen LogP contribution is 2.26. The normalized spacial score (nSPS) is 18.7. The van der Waals surface area contributed by atoms with Crippen molar-refractivity contribution in [3.63, 3.8) is 0 Å². The number of hydrogen-bond donors (Lipinski definition) is 0. The maximum Gasteiger partial charge on any atom is 0.337 e. The van der Waals surface area contributed by atoms with Crippen LogP contribution in [0.1, 0.15) is 26.7 Å². The molecule has 0 atom stereocenters. The first kappa shape index (κ1) is 14.6. The summed E-state index contributed by atoms with van der Waals surface area (Å²) >= 11 is 0. The van der Waals surface area contributed by atoms with E-state index in [1.165, 1.54) is 0 Å². The van der Waals surface area contributed by atoms with Crippen molar-refractivity contribution in [2.75, 3.05) is 19.8 Å². The van der Waals surface area contributed by atoms with Crippen LogP contribution in [0, 0.1) is 10.1 Å². The van der Waals surface area contributed by atoms with E-state index in [0.29, 0.717) is 19.6 Å². The van der Waals surface area contributed by atoms with E-state index < -0.39 is 16.7 Å². The Morgan fingerprint density at radius 3 is 2.61 bits per heavy atom. The lowest BCUT2D eigenvalue weighted by Gasteiger charge is -2.21. The second kappa shape index (κ2) is 6.46. The van der Waals surface area contributed by atoms with E-state index in [2.05, 4.69) is 4.74 Å². The van der Waals surface area contributed by atoms with Crippen LogP contribution in [0.5, 0.6) is 0 Å². The molecule has 0 aliphatic carbocycles. The van der Waals surface area contributed by atoms with Crippen molar-refractivity contribution in [2.24, 2.45) is 0 Å². The van der Waals surface area contributed by atoms with E-state index >= 15 is 0 Å². The van der Waals surface area contributed by atoms with E-state index in [4.69, 9.17) is 9.47 Å². The van der Waals surface area contributed by atoms with Crippen molar-refractivity contribution in [1.29, 1.82) is 0 Å². The molecule has 1 heterocycles. The number of rotatable bonds is 6. The molecule has 102 valence electrons. The van der Waals surface area contributed by atoms with E-state index in [0.717, 1.165) is 6.08 Å². The lowest BCUT2D eigenvalue weighted by molar-refractivity contribution is -0.429. The highest BCUT2D eigenvalue weighted by Gasteiger charge is 2.32. The lowest BCUT2D eigenvalue weighted by Crippen LogP contribution is -2.26. The molecule has 7 heteroatoms. The van der Waals surface area contributed by atoms with E-state index in [1.54, 1.807) is 13.8 Å². The SMILES string of the molecule is CCOC(=O)/C=C(\CCC1(C)OCCO1)[N+](=O)[O-]. The molecule has 0 N–H and O–H groups in total. The quantitative estimate of drug-likeness (QED) is 0.309. The summed E-state index contributed by atoms with van der Waals surface area (Å²) in [5.74, 6) is -1.51. The molecule has 18 heavy (non-hydrogen) atoms. The fraction of sp³-hybridized carbons (Fsp3) is 0.727. The van der Waals surface area contributed by atoms with Crippen LogP contribution < -0.4 is 0 Å². The number of hydrogen-bond acceptors (Lipinski definition) is 6. The van der Waals surface area contributed by atoms with E-state index in [1.807, 2.05) is 0 Å². The van der Waals surface area contributed by atoms with Crippen molar-refractivity contribution < 1.29 is 23.9 Å². The maximum atomic E-state index is 11.2. The summed E-state index contributed by atoms with van der Waals surface area (Å²) in [5, 5.41) is 10.8. The molecule has 1 rings (SSSR count). The van der Waals surface area contributed by atoms with Crippen LogP contribution in [0.25, 0.3) is 0 Å². The van der Waals surface area contributed by atoms with Gasteiger partial charge in [0.2, 0.25) is 0 Å². The topological polar surface area (TPSA) is 87.9 Å². The smallest absolute Gasteiger partial charge is 0.337 e. The first-order valence-corrected chi connectivity index (χ1v) is 5.76. The molecular weight excluding hydrogens is 242 g/mol. The number of allylic oxidation sites excluding steroid dienone is 1. The summed E-state index contributed by atoms with van der Waals surface area (Å²) < 4.78 is 15.3. The van der Waals surface area contributed by atoms with Crippen LogP contribution in [0.2, 0.25) is 0 Å². The highest BCUT2D eigenvalue weighted by molar-refractivity contribution is 5.82. The number of ether oxygens (including phenoxy) is 3. The van der Waals surface area contributed by atoms with Crippen LogP contribution in [0.3, 0.4) is 0 Å². The molecule has 0 bridgehead atoms. The Labute approximate surface area is 105 Å². The Bertz CT molecular complexity index is 345. The minimum atomic E-state index is -0.802.